The fraction of sp³-hybridized carbons (Fsp3) is 0.682. The fourth-order valence-electron chi connectivity index (χ4n) is 3.14. The van der Waals surface area contributed by atoms with Crippen molar-refractivity contribution in [3.05, 3.63) is 37.9 Å². The first-order valence-corrected chi connectivity index (χ1v) is 15.4. The van der Waals surface area contributed by atoms with Crippen molar-refractivity contribution in [2.45, 2.75) is 59.2 Å². The SMILES string of the molecule is CC(C)(C)OP(=O)(OCCCNC(=O)c1cc(N(CCBr)CCBr)c([N+](=O)[O-])cc1[N+](=O)[O-])OC(C)(C)C. The number of amides is 1. The van der Waals surface area contributed by atoms with Crippen molar-refractivity contribution >= 4 is 62.7 Å². The van der Waals surface area contributed by atoms with E-state index in [0.29, 0.717) is 23.7 Å². The van der Waals surface area contributed by atoms with Gasteiger partial charge in [0.15, 0.2) is 0 Å². The number of carbonyl (C=O) groups excluding carboxylic acids is 1. The Labute approximate surface area is 239 Å². The largest absolute Gasteiger partial charge is 0.475 e. The lowest BCUT2D eigenvalue weighted by molar-refractivity contribution is -0.393. The van der Waals surface area contributed by atoms with Crippen molar-refractivity contribution in [3.8, 4) is 0 Å². The van der Waals surface area contributed by atoms with Crippen LogP contribution >= 0.6 is 39.7 Å². The van der Waals surface area contributed by atoms with Crippen LogP contribution in [0.3, 0.4) is 0 Å². The summed E-state index contributed by atoms with van der Waals surface area (Å²) in [4.78, 5) is 36.3. The van der Waals surface area contributed by atoms with Crippen LogP contribution in [0.15, 0.2) is 12.1 Å². The van der Waals surface area contributed by atoms with Gasteiger partial charge in [-0.2, -0.15) is 0 Å². The average molecular weight is 690 g/mol. The molecule has 0 aliphatic rings. The lowest BCUT2D eigenvalue weighted by atomic mass is 10.1. The quantitative estimate of drug-likeness (QED) is 0.0762. The van der Waals surface area contributed by atoms with Crippen LogP contribution in [0.25, 0.3) is 0 Å². The summed E-state index contributed by atoms with van der Waals surface area (Å²) >= 11 is 6.59. The minimum Gasteiger partial charge on any atom is -0.364 e. The van der Waals surface area contributed by atoms with Crippen molar-refractivity contribution in [2.24, 2.45) is 0 Å². The number of halogens is 2. The van der Waals surface area contributed by atoms with Crippen molar-refractivity contribution < 1.29 is 32.8 Å². The molecular formula is C22H35Br2N4O9P. The zero-order valence-electron chi connectivity index (χ0n) is 22.3. The number of rotatable bonds is 15. The second-order valence-electron chi connectivity index (χ2n) is 10.0. The molecule has 0 spiro atoms. The molecule has 0 aliphatic carbocycles. The number of nitrogens with zero attached hydrogens (tertiary/aromatic N) is 3. The maximum atomic E-state index is 13.1. The molecule has 216 valence electrons. The number of alkyl halides is 2. The van der Waals surface area contributed by atoms with Gasteiger partial charge in [0, 0.05) is 30.3 Å². The summed E-state index contributed by atoms with van der Waals surface area (Å²) in [6, 6.07) is 1.96. The van der Waals surface area contributed by atoms with E-state index in [1.807, 2.05) is 0 Å². The van der Waals surface area contributed by atoms with E-state index in [-0.39, 0.29) is 30.8 Å². The first-order valence-electron chi connectivity index (χ1n) is 11.7. The normalized spacial score (nSPS) is 12.3. The third-order valence-electron chi connectivity index (χ3n) is 4.41. The Morgan fingerprint density at radius 3 is 1.89 bits per heavy atom. The molecule has 1 N–H and O–H groups in total. The van der Waals surface area contributed by atoms with Crippen molar-refractivity contribution in [2.75, 3.05) is 41.8 Å². The number of anilines is 1. The molecule has 13 nitrogen and oxygen atoms in total. The van der Waals surface area contributed by atoms with E-state index in [2.05, 4.69) is 37.2 Å². The molecule has 0 saturated carbocycles. The molecule has 1 aromatic rings. The van der Waals surface area contributed by atoms with Crippen molar-refractivity contribution in [3.63, 3.8) is 0 Å². The van der Waals surface area contributed by atoms with Crippen LogP contribution in [0.1, 0.15) is 58.3 Å². The maximum Gasteiger partial charge on any atom is 0.475 e. The van der Waals surface area contributed by atoms with Gasteiger partial charge in [0.2, 0.25) is 0 Å². The zero-order valence-corrected chi connectivity index (χ0v) is 26.4. The van der Waals surface area contributed by atoms with E-state index in [0.717, 1.165) is 12.1 Å². The lowest BCUT2D eigenvalue weighted by Gasteiger charge is -2.30. The number of phosphoric ester groups is 1. The molecule has 1 aromatic carbocycles. The van der Waals surface area contributed by atoms with Gasteiger partial charge in [-0.25, -0.2) is 4.57 Å². The second-order valence-corrected chi connectivity index (χ2v) is 13.1. The number of carbonyl (C=O) groups is 1. The minimum absolute atomic E-state index is 0.0137. The fourth-order valence-corrected chi connectivity index (χ4v) is 5.84. The first kappa shape index (κ1) is 34.4. The third kappa shape index (κ3) is 11.6. The van der Waals surface area contributed by atoms with Crippen LogP contribution in [0, 0.1) is 20.2 Å². The van der Waals surface area contributed by atoms with Crippen LogP contribution in [0.5, 0.6) is 0 Å². The number of nitrogens with one attached hydrogen (secondary N) is 1. The number of benzene rings is 1. The highest BCUT2D eigenvalue weighted by molar-refractivity contribution is 9.09. The predicted molar refractivity (Wildman–Crippen MR) is 152 cm³/mol. The molecule has 0 aromatic heterocycles. The van der Waals surface area contributed by atoms with E-state index in [4.69, 9.17) is 13.6 Å². The Bertz CT molecular complexity index is 1020. The topological polar surface area (TPSA) is 163 Å². The summed E-state index contributed by atoms with van der Waals surface area (Å²) in [5, 5.41) is 26.8. The van der Waals surface area contributed by atoms with Crippen LogP contribution in [-0.4, -0.2) is 63.9 Å². The molecular weight excluding hydrogens is 655 g/mol. The Morgan fingerprint density at radius 1 is 0.974 bits per heavy atom. The van der Waals surface area contributed by atoms with Crippen LogP contribution in [0.2, 0.25) is 0 Å². The number of hydrogen-bond acceptors (Lipinski definition) is 10. The van der Waals surface area contributed by atoms with Gasteiger partial charge in [0.1, 0.15) is 11.3 Å². The number of nitro benzene ring substituents is 2. The third-order valence-corrected chi connectivity index (χ3v) is 7.16. The molecule has 0 fully saturated rings. The monoisotopic (exact) mass is 688 g/mol. The summed E-state index contributed by atoms with van der Waals surface area (Å²) in [6.45, 7) is 10.9. The van der Waals surface area contributed by atoms with Gasteiger partial charge in [-0.15, -0.1) is 0 Å². The molecule has 0 radical (unpaired) electrons. The summed E-state index contributed by atoms with van der Waals surface area (Å²) in [5.41, 5.74) is -3.00. The number of nitro groups is 2. The Hall–Kier alpha value is -1.64. The van der Waals surface area contributed by atoms with Gasteiger partial charge in [0.05, 0.1) is 33.7 Å². The highest BCUT2D eigenvalue weighted by atomic mass is 79.9. The maximum absolute atomic E-state index is 13.1. The predicted octanol–water partition coefficient (Wildman–Crippen LogP) is 5.97. The molecule has 38 heavy (non-hydrogen) atoms. The number of hydrogen-bond donors (Lipinski definition) is 1. The molecule has 1 rings (SSSR count). The zero-order chi connectivity index (χ0) is 29.3. The van der Waals surface area contributed by atoms with Gasteiger partial charge in [0.25, 0.3) is 17.3 Å². The molecule has 0 atom stereocenters. The standard InChI is InChI=1S/C22H35Br2N4O9P/c1-21(2,3)36-38(34,37-22(4,5)6)35-13-7-10-25-20(29)16-14-18(26(11-8-23)12-9-24)19(28(32)33)15-17(16)27(30)31/h14-15H,7-13H2,1-6H3,(H,25,29). The molecule has 16 heteroatoms. The molecule has 1 amide bonds. The lowest BCUT2D eigenvalue weighted by Crippen LogP contribution is -2.30. The van der Waals surface area contributed by atoms with Gasteiger partial charge in [-0.1, -0.05) is 31.9 Å². The number of phosphoric acid groups is 1. The highest BCUT2D eigenvalue weighted by Crippen LogP contribution is 2.55. The Balaban J connectivity index is 3.07. The van der Waals surface area contributed by atoms with Gasteiger partial charge >= 0.3 is 7.82 Å². The van der Waals surface area contributed by atoms with Crippen LogP contribution in [0.4, 0.5) is 17.1 Å². The second kappa shape index (κ2) is 14.7. The molecule has 0 aliphatic heterocycles. The van der Waals surface area contributed by atoms with E-state index < -0.39 is 46.2 Å². The summed E-state index contributed by atoms with van der Waals surface area (Å²) in [5.74, 6) is -0.787. The summed E-state index contributed by atoms with van der Waals surface area (Å²) in [6.07, 6.45) is 0.184. The molecule has 0 heterocycles. The van der Waals surface area contributed by atoms with Crippen molar-refractivity contribution in [1.82, 2.24) is 5.32 Å². The Kier molecular flexibility index (Phi) is 13.3. The Morgan fingerprint density at radius 2 is 1.47 bits per heavy atom. The van der Waals surface area contributed by atoms with Gasteiger partial charge < -0.3 is 10.2 Å². The van der Waals surface area contributed by atoms with E-state index >= 15 is 0 Å². The van der Waals surface area contributed by atoms with E-state index in [1.165, 1.54) is 0 Å². The summed E-state index contributed by atoms with van der Waals surface area (Å²) in [7, 11) is -3.93. The average Bonchev–Trinajstić information content (AvgIpc) is 2.74. The molecule has 0 bridgehead atoms. The van der Waals surface area contributed by atoms with Gasteiger partial charge in [-0.05, 0) is 54.0 Å². The summed E-state index contributed by atoms with van der Waals surface area (Å²) < 4.78 is 29.6. The van der Waals surface area contributed by atoms with Crippen molar-refractivity contribution in [1.29, 1.82) is 0 Å². The molecule has 0 unspecified atom stereocenters. The van der Waals surface area contributed by atoms with Crippen LogP contribution in [-0.2, 0) is 18.1 Å². The minimum atomic E-state index is -3.93. The smallest absolute Gasteiger partial charge is 0.364 e. The van der Waals surface area contributed by atoms with Gasteiger partial charge in [-0.3, -0.25) is 38.6 Å². The van der Waals surface area contributed by atoms with E-state index in [9.17, 15) is 29.6 Å². The van der Waals surface area contributed by atoms with Crippen LogP contribution < -0.4 is 10.2 Å². The highest BCUT2D eigenvalue weighted by Gasteiger charge is 2.37. The van der Waals surface area contributed by atoms with E-state index in [1.54, 1.807) is 46.4 Å². The first-order chi connectivity index (χ1) is 17.4. The molecule has 0 saturated heterocycles.